The lowest BCUT2D eigenvalue weighted by Crippen LogP contribution is -2.23. The topological polar surface area (TPSA) is 46.9 Å². The zero-order valence-corrected chi connectivity index (χ0v) is 12.5. The van der Waals surface area contributed by atoms with E-state index in [9.17, 15) is 4.79 Å². The fraction of sp³-hybridized carbons (Fsp3) is 0.375. The summed E-state index contributed by atoms with van der Waals surface area (Å²) in [7, 11) is 1.80. The standard InChI is InChI=1S/C16H21N3O/c1-11(2)15-6-5-12(3)7-13(15)8-17-16(20)14-9-18-19(4)10-14/h5-7,9-11H,8H2,1-4H3,(H,17,20). The lowest BCUT2D eigenvalue weighted by molar-refractivity contribution is 0.0950. The van der Waals surface area contributed by atoms with Crippen molar-refractivity contribution in [2.75, 3.05) is 0 Å². The Bertz CT molecular complexity index is 614. The zero-order chi connectivity index (χ0) is 14.7. The van der Waals surface area contributed by atoms with Crippen molar-refractivity contribution in [1.82, 2.24) is 15.1 Å². The van der Waals surface area contributed by atoms with Crippen LogP contribution in [-0.2, 0) is 13.6 Å². The fourth-order valence-electron chi connectivity index (χ4n) is 2.27. The Morgan fingerprint density at radius 1 is 1.40 bits per heavy atom. The van der Waals surface area contributed by atoms with E-state index in [2.05, 4.69) is 49.4 Å². The maximum absolute atomic E-state index is 12.0. The number of hydrogen-bond donors (Lipinski definition) is 1. The number of hydrogen-bond acceptors (Lipinski definition) is 2. The SMILES string of the molecule is Cc1ccc(C(C)C)c(CNC(=O)c2cnn(C)c2)c1. The van der Waals surface area contributed by atoms with E-state index in [0.717, 1.165) is 0 Å². The Morgan fingerprint density at radius 3 is 2.75 bits per heavy atom. The molecule has 1 aromatic heterocycles. The summed E-state index contributed by atoms with van der Waals surface area (Å²) in [6, 6.07) is 6.40. The third-order valence-electron chi connectivity index (χ3n) is 3.33. The van der Waals surface area contributed by atoms with Crippen molar-refractivity contribution in [1.29, 1.82) is 0 Å². The largest absolute Gasteiger partial charge is 0.348 e. The Labute approximate surface area is 119 Å². The molecule has 0 unspecified atom stereocenters. The van der Waals surface area contributed by atoms with Crippen LogP contribution in [0.25, 0.3) is 0 Å². The summed E-state index contributed by atoms with van der Waals surface area (Å²) in [5.74, 6) is 0.357. The molecule has 20 heavy (non-hydrogen) atoms. The van der Waals surface area contributed by atoms with E-state index >= 15 is 0 Å². The van der Waals surface area contributed by atoms with Crippen LogP contribution in [0.4, 0.5) is 0 Å². The average molecular weight is 271 g/mol. The Morgan fingerprint density at radius 2 is 2.15 bits per heavy atom. The molecule has 0 atom stereocenters. The summed E-state index contributed by atoms with van der Waals surface area (Å²) in [4.78, 5) is 12.0. The van der Waals surface area contributed by atoms with Gasteiger partial charge in [0.2, 0.25) is 0 Å². The predicted molar refractivity (Wildman–Crippen MR) is 79.6 cm³/mol. The number of aromatic nitrogens is 2. The quantitative estimate of drug-likeness (QED) is 0.929. The highest BCUT2D eigenvalue weighted by Gasteiger charge is 2.10. The fourth-order valence-corrected chi connectivity index (χ4v) is 2.27. The number of carbonyl (C=O) groups is 1. The lowest BCUT2D eigenvalue weighted by Gasteiger charge is -2.14. The monoisotopic (exact) mass is 271 g/mol. The van der Waals surface area contributed by atoms with E-state index in [1.165, 1.54) is 16.7 Å². The minimum atomic E-state index is -0.0886. The Hall–Kier alpha value is -2.10. The first kappa shape index (κ1) is 14.3. The van der Waals surface area contributed by atoms with Gasteiger partial charge >= 0.3 is 0 Å². The van der Waals surface area contributed by atoms with Gasteiger partial charge in [0.1, 0.15) is 0 Å². The smallest absolute Gasteiger partial charge is 0.254 e. The van der Waals surface area contributed by atoms with Gasteiger partial charge in [-0.3, -0.25) is 9.48 Å². The number of rotatable bonds is 4. The summed E-state index contributed by atoms with van der Waals surface area (Å²) in [5.41, 5.74) is 4.26. The molecule has 0 aliphatic heterocycles. The number of nitrogens with zero attached hydrogens (tertiary/aromatic N) is 2. The molecule has 1 amide bonds. The summed E-state index contributed by atoms with van der Waals surface area (Å²) >= 11 is 0. The van der Waals surface area contributed by atoms with E-state index in [1.807, 2.05) is 0 Å². The summed E-state index contributed by atoms with van der Waals surface area (Å²) < 4.78 is 1.63. The van der Waals surface area contributed by atoms with E-state index in [0.29, 0.717) is 18.0 Å². The number of nitrogens with one attached hydrogen (secondary N) is 1. The second-order valence-corrected chi connectivity index (χ2v) is 5.44. The van der Waals surface area contributed by atoms with Gasteiger partial charge in [0.25, 0.3) is 5.91 Å². The van der Waals surface area contributed by atoms with Gasteiger partial charge in [-0.05, 0) is 24.0 Å². The van der Waals surface area contributed by atoms with Crippen LogP contribution >= 0.6 is 0 Å². The molecule has 0 spiro atoms. The maximum atomic E-state index is 12.0. The van der Waals surface area contributed by atoms with Crippen molar-refractivity contribution >= 4 is 5.91 Å². The van der Waals surface area contributed by atoms with Crippen molar-refractivity contribution in [2.24, 2.45) is 7.05 Å². The van der Waals surface area contributed by atoms with Crippen LogP contribution in [-0.4, -0.2) is 15.7 Å². The molecule has 1 aromatic carbocycles. The van der Waals surface area contributed by atoms with Gasteiger partial charge in [-0.2, -0.15) is 5.10 Å². The second kappa shape index (κ2) is 5.90. The van der Waals surface area contributed by atoms with Crippen molar-refractivity contribution in [3.05, 3.63) is 52.8 Å². The lowest BCUT2D eigenvalue weighted by atomic mass is 9.95. The predicted octanol–water partition coefficient (Wildman–Crippen LogP) is 2.78. The molecule has 2 rings (SSSR count). The zero-order valence-electron chi connectivity index (χ0n) is 12.5. The number of aryl methyl sites for hydroxylation is 2. The molecule has 1 N–H and O–H groups in total. The van der Waals surface area contributed by atoms with Crippen LogP contribution in [0.3, 0.4) is 0 Å². The maximum Gasteiger partial charge on any atom is 0.254 e. The highest BCUT2D eigenvalue weighted by molar-refractivity contribution is 5.93. The summed E-state index contributed by atoms with van der Waals surface area (Å²) in [6.07, 6.45) is 3.30. The van der Waals surface area contributed by atoms with Crippen molar-refractivity contribution in [2.45, 2.75) is 33.2 Å². The molecule has 4 heteroatoms. The van der Waals surface area contributed by atoms with Crippen molar-refractivity contribution in [3.8, 4) is 0 Å². The molecule has 2 aromatic rings. The number of benzene rings is 1. The Kier molecular flexibility index (Phi) is 4.23. The molecule has 0 saturated carbocycles. The summed E-state index contributed by atoms with van der Waals surface area (Å²) in [5, 5.41) is 6.97. The first-order valence-corrected chi connectivity index (χ1v) is 6.83. The minimum Gasteiger partial charge on any atom is -0.348 e. The minimum absolute atomic E-state index is 0.0886. The third-order valence-corrected chi connectivity index (χ3v) is 3.33. The molecule has 0 aliphatic rings. The molecule has 4 nitrogen and oxygen atoms in total. The highest BCUT2D eigenvalue weighted by Crippen LogP contribution is 2.20. The van der Waals surface area contributed by atoms with E-state index in [-0.39, 0.29) is 5.91 Å². The van der Waals surface area contributed by atoms with Crippen LogP contribution in [0.1, 0.15) is 46.8 Å². The van der Waals surface area contributed by atoms with Crippen LogP contribution < -0.4 is 5.32 Å². The first-order valence-electron chi connectivity index (χ1n) is 6.83. The molecule has 0 fully saturated rings. The number of carbonyl (C=O) groups excluding carboxylic acids is 1. The molecule has 106 valence electrons. The molecule has 0 aliphatic carbocycles. The van der Waals surface area contributed by atoms with Gasteiger partial charge in [-0.1, -0.05) is 37.6 Å². The third kappa shape index (κ3) is 3.26. The molecular weight excluding hydrogens is 250 g/mol. The highest BCUT2D eigenvalue weighted by atomic mass is 16.1. The van der Waals surface area contributed by atoms with Crippen molar-refractivity contribution < 1.29 is 4.79 Å². The van der Waals surface area contributed by atoms with Gasteiger partial charge in [-0.25, -0.2) is 0 Å². The van der Waals surface area contributed by atoms with Gasteiger partial charge in [0, 0.05) is 19.8 Å². The van der Waals surface area contributed by atoms with Gasteiger partial charge < -0.3 is 5.32 Å². The van der Waals surface area contributed by atoms with Gasteiger partial charge in [0.05, 0.1) is 11.8 Å². The van der Waals surface area contributed by atoms with E-state index in [4.69, 9.17) is 0 Å². The van der Waals surface area contributed by atoms with E-state index < -0.39 is 0 Å². The number of amides is 1. The van der Waals surface area contributed by atoms with Crippen LogP contribution in [0.15, 0.2) is 30.6 Å². The molecule has 0 saturated heterocycles. The van der Waals surface area contributed by atoms with Crippen LogP contribution in [0, 0.1) is 6.92 Å². The average Bonchev–Trinajstić information content (AvgIpc) is 2.82. The normalized spacial score (nSPS) is 10.8. The molecule has 0 radical (unpaired) electrons. The van der Waals surface area contributed by atoms with Crippen LogP contribution in [0.2, 0.25) is 0 Å². The summed E-state index contributed by atoms with van der Waals surface area (Å²) in [6.45, 7) is 6.94. The first-order chi connectivity index (χ1) is 9.47. The molecule has 0 bridgehead atoms. The molecule has 1 heterocycles. The Balaban J connectivity index is 2.10. The molecular formula is C16H21N3O. The van der Waals surface area contributed by atoms with Crippen molar-refractivity contribution in [3.63, 3.8) is 0 Å². The van der Waals surface area contributed by atoms with Crippen LogP contribution in [0.5, 0.6) is 0 Å². The van der Waals surface area contributed by atoms with Gasteiger partial charge in [-0.15, -0.1) is 0 Å². The van der Waals surface area contributed by atoms with E-state index in [1.54, 1.807) is 24.1 Å². The van der Waals surface area contributed by atoms with Gasteiger partial charge in [0.15, 0.2) is 0 Å². The second-order valence-electron chi connectivity index (χ2n) is 5.44.